The smallest absolute Gasteiger partial charge is 0.232 e. The van der Waals surface area contributed by atoms with Gasteiger partial charge in [-0.2, -0.15) is 0 Å². The van der Waals surface area contributed by atoms with E-state index in [1.807, 2.05) is 63.2 Å². The monoisotopic (exact) mass is 418 g/mol. The van der Waals surface area contributed by atoms with Crippen LogP contribution in [0.2, 0.25) is 0 Å². The van der Waals surface area contributed by atoms with E-state index < -0.39 is 10.0 Å². The van der Waals surface area contributed by atoms with Gasteiger partial charge in [0.15, 0.2) is 0 Å². The number of hydrogen-bond donors (Lipinski definition) is 1. The molecule has 29 heavy (non-hydrogen) atoms. The average Bonchev–Trinajstić information content (AvgIpc) is 2.63. The number of sulfonamides is 1. The molecule has 7 heteroatoms. The summed E-state index contributed by atoms with van der Waals surface area (Å²) >= 11 is 0. The number of methoxy groups -OCH3 is 1. The molecule has 158 valence electrons. The molecule has 1 amide bonds. The Bertz CT molecular complexity index is 937. The molecule has 0 aliphatic carbocycles. The van der Waals surface area contributed by atoms with Crippen LogP contribution in [0.25, 0.3) is 0 Å². The number of benzene rings is 2. The van der Waals surface area contributed by atoms with Gasteiger partial charge in [0.1, 0.15) is 5.75 Å². The molecule has 0 aliphatic rings. The topological polar surface area (TPSA) is 75.7 Å². The minimum Gasteiger partial charge on any atom is -0.496 e. The second kappa shape index (κ2) is 9.78. The minimum absolute atomic E-state index is 0.128. The lowest BCUT2D eigenvalue weighted by atomic mass is 10.1. The molecule has 0 spiro atoms. The van der Waals surface area contributed by atoms with E-state index in [4.69, 9.17) is 4.74 Å². The van der Waals surface area contributed by atoms with Crippen LogP contribution in [0.5, 0.6) is 5.75 Å². The summed E-state index contributed by atoms with van der Waals surface area (Å²) in [4.78, 5) is 12.4. The van der Waals surface area contributed by atoms with E-state index in [1.54, 1.807) is 7.11 Å². The first-order valence-corrected chi connectivity index (χ1v) is 11.4. The number of anilines is 1. The maximum Gasteiger partial charge on any atom is 0.232 e. The van der Waals surface area contributed by atoms with Crippen molar-refractivity contribution in [3.63, 3.8) is 0 Å². The van der Waals surface area contributed by atoms with E-state index in [1.165, 1.54) is 10.6 Å². The Balaban J connectivity index is 1.99. The normalized spacial score (nSPS) is 12.3. The lowest BCUT2D eigenvalue weighted by Crippen LogP contribution is -2.32. The van der Waals surface area contributed by atoms with Crippen LogP contribution in [0.4, 0.5) is 5.69 Å². The van der Waals surface area contributed by atoms with Crippen molar-refractivity contribution < 1.29 is 17.9 Å². The third-order valence-electron chi connectivity index (χ3n) is 4.64. The molecule has 2 aromatic rings. The summed E-state index contributed by atoms with van der Waals surface area (Å²) in [6, 6.07) is 13.0. The maximum atomic E-state index is 12.4. The lowest BCUT2D eigenvalue weighted by Gasteiger charge is -2.23. The van der Waals surface area contributed by atoms with Gasteiger partial charge >= 0.3 is 0 Å². The highest BCUT2D eigenvalue weighted by Crippen LogP contribution is 2.25. The van der Waals surface area contributed by atoms with Gasteiger partial charge in [-0.15, -0.1) is 0 Å². The SMILES string of the molecule is COc1ccccc1[C@@H](C)NC(=O)CCCN(c1cc(C)cc(C)c1)S(C)(=O)=O. The summed E-state index contributed by atoms with van der Waals surface area (Å²) < 4.78 is 31.3. The molecule has 0 heterocycles. The highest BCUT2D eigenvalue weighted by atomic mass is 32.2. The zero-order chi connectivity index (χ0) is 21.6. The van der Waals surface area contributed by atoms with E-state index in [9.17, 15) is 13.2 Å². The summed E-state index contributed by atoms with van der Waals surface area (Å²) in [7, 11) is -1.84. The van der Waals surface area contributed by atoms with E-state index in [2.05, 4.69) is 5.32 Å². The molecule has 0 saturated carbocycles. The number of para-hydroxylation sites is 1. The van der Waals surface area contributed by atoms with Gasteiger partial charge in [0, 0.05) is 18.5 Å². The van der Waals surface area contributed by atoms with Crippen LogP contribution >= 0.6 is 0 Å². The highest BCUT2D eigenvalue weighted by Gasteiger charge is 2.19. The van der Waals surface area contributed by atoms with Crippen LogP contribution in [-0.4, -0.2) is 34.2 Å². The number of aryl methyl sites for hydroxylation is 2. The van der Waals surface area contributed by atoms with Crippen LogP contribution < -0.4 is 14.4 Å². The molecular weight excluding hydrogens is 388 g/mol. The number of carbonyl (C=O) groups is 1. The number of amides is 1. The van der Waals surface area contributed by atoms with Gasteiger partial charge in [0.05, 0.1) is 25.1 Å². The summed E-state index contributed by atoms with van der Waals surface area (Å²) in [6.07, 6.45) is 1.84. The first-order chi connectivity index (χ1) is 13.6. The number of ether oxygens (including phenoxy) is 1. The van der Waals surface area contributed by atoms with Gasteiger partial charge < -0.3 is 10.1 Å². The van der Waals surface area contributed by atoms with Crippen LogP contribution in [0.15, 0.2) is 42.5 Å². The zero-order valence-electron chi connectivity index (χ0n) is 17.7. The van der Waals surface area contributed by atoms with Crippen molar-refractivity contribution in [3.8, 4) is 5.75 Å². The van der Waals surface area contributed by atoms with Crippen molar-refractivity contribution in [2.24, 2.45) is 0 Å². The van der Waals surface area contributed by atoms with Crippen LogP contribution in [0.3, 0.4) is 0 Å². The number of rotatable bonds is 9. The Morgan fingerprint density at radius 1 is 1.14 bits per heavy atom. The van der Waals surface area contributed by atoms with Crippen molar-refractivity contribution in [2.75, 3.05) is 24.2 Å². The van der Waals surface area contributed by atoms with Crippen molar-refractivity contribution in [2.45, 2.75) is 39.7 Å². The number of hydrogen-bond acceptors (Lipinski definition) is 4. The number of nitrogens with zero attached hydrogens (tertiary/aromatic N) is 1. The second-order valence-corrected chi connectivity index (χ2v) is 9.22. The molecule has 0 saturated heterocycles. The van der Waals surface area contributed by atoms with E-state index in [-0.39, 0.29) is 24.9 Å². The number of nitrogens with one attached hydrogen (secondary N) is 1. The van der Waals surface area contributed by atoms with E-state index >= 15 is 0 Å². The highest BCUT2D eigenvalue weighted by molar-refractivity contribution is 7.92. The maximum absolute atomic E-state index is 12.4. The van der Waals surface area contributed by atoms with E-state index in [0.29, 0.717) is 12.1 Å². The fraction of sp³-hybridized carbons (Fsp3) is 0.409. The van der Waals surface area contributed by atoms with Gasteiger partial charge in [0.25, 0.3) is 0 Å². The molecule has 0 radical (unpaired) electrons. The standard InChI is InChI=1S/C22H30N2O4S/c1-16-13-17(2)15-19(14-16)24(29(5,26)27)12-8-11-22(25)23-18(3)20-9-6-7-10-21(20)28-4/h6-7,9-10,13-15,18H,8,11-12H2,1-5H3,(H,23,25)/t18-/m1/s1. The molecule has 2 rings (SSSR count). The van der Waals surface area contributed by atoms with Crippen molar-refractivity contribution in [1.29, 1.82) is 0 Å². The molecule has 1 atom stereocenters. The lowest BCUT2D eigenvalue weighted by molar-refractivity contribution is -0.121. The quantitative estimate of drug-likeness (QED) is 0.673. The molecule has 0 bridgehead atoms. The van der Waals surface area contributed by atoms with Gasteiger partial charge in [-0.1, -0.05) is 24.3 Å². The molecule has 0 aliphatic heterocycles. The summed E-state index contributed by atoms with van der Waals surface area (Å²) in [5, 5.41) is 2.95. The van der Waals surface area contributed by atoms with Crippen molar-refractivity contribution in [3.05, 3.63) is 59.2 Å². The zero-order valence-corrected chi connectivity index (χ0v) is 18.5. The third kappa shape index (κ3) is 6.49. The predicted molar refractivity (Wildman–Crippen MR) is 117 cm³/mol. The summed E-state index contributed by atoms with van der Waals surface area (Å²) in [5.74, 6) is 0.593. The third-order valence-corrected chi connectivity index (χ3v) is 5.84. The average molecular weight is 419 g/mol. The van der Waals surface area contributed by atoms with Crippen LogP contribution in [-0.2, 0) is 14.8 Å². The fourth-order valence-electron chi connectivity index (χ4n) is 3.38. The second-order valence-electron chi connectivity index (χ2n) is 7.32. The Morgan fingerprint density at radius 2 is 1.76 bits per heavy atom. The van der Waals surface area contributed by atoms with Crippen molar-refractivity contribution >= 4 is 21.6 Å². The van der Waals surface area contributed by atoms with E-state index in [0.717, 1.165) is 22.4 Å². The molecule has 6 nitrogen and oxygen atoms in total. The Morgan fingerprint density at radius 3 is 2.34 bits per heavy atom. The van der Waals surface area contributed by atoms with Gasteiger partial charge in [-0.05, 0) is 56.5 Å². The predicted octanol–water partition coefficient (Wildman–Crippen LogP) is 3.74. The Hall–Kier alpha value is -2.54. The Labute approximate surface area is 173 Å². The summed E-state index contributed by atoms with van der Waals surface area (Å²) in [5.41, 5.74) is 3.53. The van der Waals surface area contributed by atoms with Crippen molar-refractivity contribution in [1.82, 2.24) is 5.32 Å². The molecular formula is C22H30N2O4S. The molecule has 2 aromatic carbocycles. The summed E-state index contributed by atoms with van der Waals surface area (Å²) in [6.45, 7) is 6.01. The number of carbonyl (C=O) groups excluding carboxylic acids is 1. The molecule has 0 unspecified atom stereocenters. The van der Waals surface area contributed by atoms with Crippen LogP contribution in [0.1, 0.15) is 42.5 Å². The Kier molecular flexibility index (Phi) is 7.67. The van der Waals surface area contributed by atoms with Gasteiger partial charge in [0.2, 0.25) is 15.9 Å². The first kappa shape index (κ1) is 22.7. The largest absolute Gasteiger partial charge is 0.496 e. The van der Waals surface area contributed by atoms with Gasteiger partial charge in [-0.25, -0.2) is 8.42 Å². The molecule has 0 fully saturated rings. The minimum atomic E-state index is -3.44. The van der Waals surface area contributed by atoms with Crippen LogP contribution in [0, 0.1) is 13.8 Å². The molecule has 1 N–H and O–H groups in total. The van der Waals surface area contributed by atoms with Gasteiger partial charge in [-0.3, -0.25) is 9.10 Å². The molecule has 0 aromatic heterocycles. The first-order valence-electron chi connectivity index (χ1n) is 9.60. The fourth-order valence-corrected chi connectivity index (χ4v) is 4.33.